The third-order valence-electron chi connectivity index (χ3n) is 3.77. The summed E-state index contributed by atoms with van der Waals surface area (Å²) in [6.07, 6.45) is 1.84. The summed E-state index contributed by atoms with van der Waals surface area (Å²) in [5.74, 6) is -0.183. The SMILES string of the molecule is CCc1ccc(CC)c(-c2cc(C(C)N)ccc2F)c1. The lowest BCUT2D eigenvalue weighted by Crippen LogP contribution is -2.05. The molecule has 0 aromatic heterocycles. The van der Waals surface area contributed by atoms with E-state index in [1.165, 1.54) is 17.2 Å². The second-order valence-electron chi connectivity index (χ2n) is 5.23. The van der Waals surface area contributed by atoms with Crippen LogP contribution in [0, 0.1) is 5.82 Å². The lowest BCUT2D eigenvalue weighted by atomic mass is 9.93. The molecule has 0 saturated heterocycles. The van der Waals surface area contributed by atoms with Gasteiger partial charge in [0, 0.05) is 11.6 Å². The van der Waals surface area contributed by atoms with E-state index in [0.29, 0.717) is 5.56 Å². The number of nitrogens with two attached hydrogens (primary N) is 1. The van der Waals surface area contributed by atoms with Gasteiger partial charge in [-0.05, 0) is 54.2 Å². The molecule has 2 heteroatoms. The molecule has 1 atom stereocenters. The van der Waals surface area contributed by atoms with Crippen LogP contribution in [0.25, 0.3) is 11.1 Å². The van der Waals surface area contributed by atoms with Crippen molar-refractivity contribution >= 4 is 0 Å². The molecule has 0 fully saturated rings. The summed E-state index contributed by atoms with van der Waals surface area (Å²) in [5, 5.41) is 0. The second-order valence-corrected chi connectivity index (χ2v) is 5.23. The van der Waals surface area contributed by atoms with Crippen molar-refractivity contribution in [3.8, 4) is 11.1 Å². The smallest absolute Gasteiger partial charge is 0.131 e. The van der Waals surface area contributed by atoms with Crippen LogP contribution in [0.1, 0.15) is 43.5 Å². The highest BCUT2D eigenvalue weighted by Gasteiger charge is 2.12. The van der Waals surface area contributed by atoms with Gasteiger partial charge in [-0.1, -0.05) is 38.1 Å². The minimum atomic E-state index is -0.183. The predicted molar refractivity (Wildman–Crippen MR) is 83.2 cm³/mol. The highest BCUT2D eigenvalue weighted by Crippen LogP contribution is 2.30. The summed E-state index contributed by atoms with van der Waals surface area (Å²) in [7, 11) is 0. The topological polar surface area (TPSA) is 26.0 Å². The van der Waals surface area contributed by atoms with E-state index in [1.54, 1.807) is 6.07 Å². The van der Waals surface area contributed by atoms with E-state index in [2.05, 4.69) is 32.0 Å². The van der Waals surface area contributed by atoms with E-state index >= 15 is 0 Å². The maximum Gasteiger partial charge on any atom is 0.131 e. The highest BCUT2D eigenvalue weighted by molar-refractivity contribution is 5.69. The monoisotopic (exact) mass is 271 g/mol. The van der Waals surface area contributed by atoms with Crippen molar-refractivity contribution in [2.75, 3.05) is 0 Å². The van der Waals surface area contributed by atoms with Gasteiger partial charge < -0.3 is 5.73 Å². The molecule has 0 spiro atoms. The zero-order valence-electron chi connectivity index (χ0n) is 12.4. The van der Waals surface area contributed by atoms with Gasteiger partial charge in [0.15, 0.2) is 0 Å². The van der Waals surface area contributed by atoms with Crippen LogP contribution in [0.15, 0.2) is 36.4 Å². The molecule has 2 N–H and O–H groups in total. The highest BCUT2D eigenvalue weighted by atomic mass is 19.1. The fourth-order valence-corrected chi connectivity index (χ4v) is 2.44. The first-order chi connectivity index (χ1) is 9.56. The number of hydrogen-bond acceptors (Lipinski definition) is 1. The molecule has 2 aromatic carbocycles. The van der Waals surface area contributed by atoms with Crippen molar-refractivity contribution in [1.29, 1.82) is 0 Å². The minimum Gasteiger partial charge on any atom is -0.324 e. The minimum absolute atomic E-state index is 0.0891. The van der Waals surface area contributed by atoms with Crippen LogP contribution in [-0.2, 0) is 12.8 Å². The van der Waals surface area contributed by atoms with E-state index in [0.717, 1.165) is 24.0 Å². The average molecular weight is 271 g/mol. The average Bonchev–Trinajstić information content (AvgIpc) is 2.46. The Balaban J connectivity index is 2.62. The summed E-state index contributed by atoms with van der Waals surface area (Å²) >= 11 is 0. The zero-order chi connectivity index (χ0) is 14.7. The van der Waals surface area contributed by atoms with E-state index in [1.807, 2.05) is 13.0 Å². The Kier molecular flexibility index (Phi) is 4.56. The zero-order valence-corrected chi connectivity index (χ0v) is 12.4. The molecule has 0 aliphatic rings. The first kappa shape index (κ1) is 14.7. The Hall–Kier alpha value is -1.67. The largest absolute Gasteiger partial charge is 0.324 e. The number of hydrogen-bond donors (Lipinski definition) is 1. The molecule has 2 rings (SSSR count). The quantitative estimate of drug-likeness (QED) is 0.861. The van der Waals surface area contributed by atoms with Crippen LogP contribution >= 0.6 is 0 Å². The molecule has 0 radical (unpaired) electrons. The van der Waals surface area contributed by atoms with E-state index < -0.39 is 0 Å². The van der Waals surface area contributed by atoms with Crippen molar-refractivity contribution < 1.29 is 4.39 Å². The van der Waals surface area contributed by atoms with Crippen LogP contribution in [0.2, 0.25) is 0 Å². The number of aryl methyl sites for hydroxylation is 2. The molecule has 0 saturated carbocycles. The molecule has 2 aromatic rings. The number of benzene rings is 2. The molecule has 106 valence electrons. The predicted octanol–water partition coefficient (Wildman–Crippen LogP) is 4.64. The van der Waals surface area contributed by atoms with Crippen LogP contribution in [0.4, 0.5) is 4.39 Å². The molecule has 20 heavy (non-hydrogen) atoms. The van der Waals surface area contributed by atoms with Gasteiger partial charge in [-0.2, -0.15) is 0 Å². The third kappa shape index (κ3) is 2.91. The van der Waals surface area contributed by atoms with Crippen molar-refractivity contribution in [3.05, 3.63) is 58.9 Å². The fourth-order valence-electron chi connectivity index (χ4n) is 2.44. The Labute approximate surface area is 120 Å². The summed E-state index contributed by atoms with van der Waals surface area (Å²) < 4.78 is 14.2. The van der Waals surface area contributed by atoms with Gasteiger partial charge >= 0.3 is 0 Å². The van der Waals surface area contributed by atoms with Crippen molar-refractivity contribution in [3.63, 3.8) is 0 Å². The van der Waals surface area contributed by atoms with E-state index in [-0.39, 0.29) is 11.9 Å². The van der Waals surface area contributed by atoms with E-state index in [9.17, 15) is 4.39 Å². The van der Waals surface area contributed by atoms with Crippen LogP contribution in [-0.4, -0.2) is 0 Å². The maximum atomic E-state index is 14.2. The first-order valence-corrected chi connectivity index (χ1v) is 7.24. The van der Waals surface area contributed by atoms with Gasteiger partial charge in [0.25, 0.3) is 0 Å². The molecule has 0 aliphatic carbocycles. The van der Waals surface area contributed by atoms with Gasteiger partial charge in [0.1, 0.15) is 5.82 Å². The Bertz CT molecular complexity index is 602. The lowest BCUT2D eigenvalue weighted by molar-refractivity contribution is 0.629. The summed E-state index contributed by atoms with van der Waals surface area (Å²) in [5.41, 5.74) is 10.9. The third-order valence-corrected chi connectivity index (χ3v) is 3.77. The second kappa shape index (κ2) is 6.19. The van der Waals surface area contributed by atoms with Gasteiger partial charge in [-0.15, -0.1) is 0 Å². The van der Waals surface area contributed by atoms with Crippen LogP contribution < -0.4 is 5.73 Å². The fraction of sp³-hybridized carbons (Fsp3) is 0.333. The van der Waals surface area contributed by atoms with Gasteiger partial charge in [-0.3, -0.25) is 0 Å². The summed E-state index contributed by atoms with van der Waals surface area (Å²) in [4.78, 5) is 0. The first-order valence-electron chi connectivity index (χ1n) is 7.24. The van der Waals surface area contributed by atoms with Gasteiger partial charge in [0.2, 0.25) is 0 Å². The standard InChI is InChI=1S/C18H22FN/c1-4-13-6-7-14(5-2)16(10-13)17-11-15(12(3)20)8-9-18(17)19/h6-12H,4-5,20H2,1-3H3. The Morgan fingerprint density at radius 3 is 2.35 bits per heavy atom. The Morgan fingerprint density at radius 1 is 1.00 bits per heavy atom. The summed E-state index contributed by atoms with van der Waals surface area (Å²) in [6.45, 7) is 6.12. The maximum absolute atomic E-state index is 14.2. The van der Waals surface area contributed by atoms with Crippen LogP contribution in [0.3, 0.4) is 0 Å². The van der Waals surface area contributed by atoms with Crippen molar-refractivity contribution in [2.24, 2.45) is 5.73 Å². The van der Waals surface area contributed by atoms with Crippen molar-refractivity contribution in [2.45, 2.75) is 39.7 Å². The molecular weight excluding hydrogens is 249 g/mol. The molecule has 0 bridgehead atoms. The molecule has 0 heterocycles. The van der Waals surface area contributed by atoms with Crippen molar-refractivity contribution in [1.82, 2.24) is 0 Å². The number of rotatable bonds is 4. The molecule has 0 amide bonds. The summed E-state index contributed by atoms with van der Waals surface area (Å²) in [6, 6.07) is 11.4. The molecular formula is C18H22FN. The molecule has 0 aliphatic heterocycles. The van der Waals surface area contributed by atoms with Gasteiger partial charge in [-0.25, -0.2) is 4.39 Å². The Morgan fingerprint density at radius 2 is 1.75 bits per heavy atom. The molecule has 1 nitrogen and oxygen atoms in total. The number of halogens is 1. The van der Waals surface area contributed by atoms with Gasteiger partial charge in [0.05, 0.1) is 0 Å². The normalized spacial score (nSPS) is 12.4. The lowest BCUT2D eigenvalue weighted by Gasteiger charge is -2.14. The van der Waals surface area contributed by atoms with Crippen LogP contribution in [0.5, 0.6) is 0 Å². The van der Waals surface area contributed by atoms with E-state index in [4.69, 9.17) is 5.73 Å². The molecule has 1 unspecified atom stereocenters.